The van der Waals surface area contributed by atoms with Crippen LogP contribution in [0.5, 0.6) is 0 Å². The van der Waals surface area contributed by atoms with Crippen molar-refractivity contribution in [3.05, 3.63) is 71.0 Å². The number of carbonyl (C=O) groups is 1. The van der Waals surface area contributed by atoms with E-state index >= 15 is 0 Å². The van der Waals surface area contributed by atoms with E-state index in [2.05, 4.69) is 10.4 Å². The van der Waals surface area contributed by atoms with Crippen molar-refractivity contribution in [1.82, 2.24) is 9.78 Å². The molecule has 5 N–H and O–H groups in total. The van der Waals surface area contributed by atoms with Gasteiger partial charge in [0.05, 0.1) is 36.2 Å². The van der Waals surface area contributed by atoms with Crippen LogP contribution in [0.2, 0.25) is 5.02 Å². The van der Waals surface area contributed by atoms with Gasteiger partial charge in [0.15, 0.2) is 0 Å². The van der Waals surface area contributed by atoms with E-state index in [0.29, 0.717) is 5.56 Å². The number of sulfonamides is 1. The Balaban J connectivity index is 2.09. The molecule has 12 heteroatoms. The van der Waals surface area contributed by atoms with E-state index in [9.17, 15) is 22.0 Å². The van der Waals surface area contributed by atoms with E-state index in [4.69, 9.17) is 22.5 Å². The van der Waals surface area contributed by atoms with Gasteiger partial charge in [0.2, 0.25) is 15.9 Å². The van der Waals surface area contributed by atoms with Crippen molar-refractivity contribution in [1.29, 1.82) is 0 Å². The highest BCUT2D eigenvalue weighted by molar-refractivity contribution is 7.89. The number of amides is 1. The van der Waals surface area contributed by atoms with Gasteiger partial charge in [-0.15, -0.1) is 0 Å². The third-order valence-electron chi connectivity index (χ3n) is 4.41. The van der Waals surface area contributed by atoms with Crippen LogP contribution in [0.1, 0.15) is 17.0 Å². The summed E-state index contributed by atoms with van der Waals surface area (Å²) in [5.74, 6) is -1.76. The molecule has 1 heterocycles. The number of hydrogen-bond donors (Lipinski definition) is 3. The van der Waals surface area contributed by atoms with E-state index in [1.165, 1.54) is 35.3 Å². The lowest BCUT2D eigenvalue weighted by Gasteiger charge is -2.18. The van der Waals surface area contributed by atoms with E-state index < -0.39 is 34.8 Å². The Morgan fingerprint density at radius 1 is 1.23 bits per heavy atom. The minimum atomic E-state index is -4.26. The van der Waals surface area contributed by atoms with Crippen LogP contribution in [0.15, 0.2) is 59.8 Å². The number of rotatable bonds is 8. The lowest BCUT2D eigenvalue weighted by molar-refractivity contribution is -0.118. The molecule has 2 aromatic carbocycles. The molecule has 1 amide bonds. The molecule has 3 rings (SSSR count). The van der Waals surface area contributed by atoms with Crippen molar-refractivity contribution in [2.24, 2.45) is 10.9 Å². The third-order valence-corrected chi connectivity index (χ3v) is 5.70. The number of hydrogen-bond acceptors (Lipinski definition) is 5. The summed E-state index contributed by atoms with van der Waals surface area (Å²) in [6.45, 7) is -0.592. The second-order valence-corrected chi connectivity index (χ2v) is 8.51. The van der Waals surface area contributed by atoms with Crippen LogP contribution in [0.25, 0.3) is 5.69 Å². The predicted octanol–water partition coefficient (Wildman–Crippen LogP) is 2.47. The number of aromatic nitrogens is 2. The van der Waals surface area contributed by atoms with E-state index in [0.717, 1.165) is 0 Å². The smallest absolute Gasteiger partial charge is 0.255 e. The number of benzene rings is 2. The number of anilines is 1. The summed E-state index contributed by atoms with van der Waals surface area (Å²) < 4.78 is 50.5. The topological polar surface area (TPSA) is 133 Å². The van der Waals surface area contributed by atoms with Gasteiger partial charge in [-0.3, -0.25) is 4.79 Å². The summed E-state index contributed by atoms with van der Waals surface area (Å²) in [6.07, 6.45) is 0.0309. The van der Waals surface area contributed by atoms with Crippen molar-refractivity contribution in [3.63, 3.8) is 0 Å². The lowest BCUT2D eigenvalue weighted by Crippen LogP contribution is -2.24. The van der Waals surface area contributed by atoms with Gasteiger partial charge in [-0.1, -0.05) is 35.9 Å². The highest BCUT2D eigenvalue weighted by Gasteiger charge is 2.26. The van der Waals surface area contributed by atoms with Gasteiger partial charge in [-0.2, -0.15) is 5.10 Å². The van der Waals surface area contributed by atoms with Gasteiger partial charge >= 0.3 is 0 Å². The minimum absolute atomic E-state index is 0.0683. The standard InChI is InChI=1S/C19H18ClF2N5O3S/c20-14-4-2-1-3-13(14)18(19(23)28)11-5-6-15(16(7-11)31(24,29)30)27-10-12(8-26-27)25-9-17(21)22/h1-8,10,17-18,25H,9H2,(H2,23,28)(H2,24,29,30). The molecule has 0 saturated heterocycles. The van der Waals surface area contributed by atoms with E-state index in [-0.39, 0.29) is 26.9 Å². The molecular formula is C19H18ClF2N5O3S. The third kappa shape index (κ3) is 5.19. The lowest BCUT2D eigenvalue weighted by atomic mass is 9.90. The predicted molar refractivity (Wildman–Crippen MR) is 112 cm³/mol. The minimum Gasteiger partial charge on any atom is -0.377 e. The molecule has 8 nitrogen and oxygen atoms in total. The Hall–Kier alpha value is -3.02. The van der Waals surface area contributed by atoms with Gasteiger partial charge in [0.25, 0.3) is 6.43 Å². The number of nitrogens with one attached hydrogen (secondary N) is 1. The zero-order valence-corrected chi connectivity index (χ0v) is 17.4. The molecule has 0 fully saturated rings. The number of nitrogens with two attached hydrogens (primary N) is 2. The van der Waals surface area contributed by atoms with Crippen LogP contribution in [0.4, 0.5) is 14.5 Å². The quantitative estimate of drug-likeness (QED) is 0.466. The van der Waals surface area contributed by atoms with E-state index in [1.807, 2.05) is 0 Å². The van der Waals surface area contributed by atoms with Crippen LogP contribution in [0, 0.1) is 0 Å². The first-order chi connectivity index (χ1) is 14.6. The normalized spacial score (nSPS) is 12.7. The second-order valence-electron chi connectivity index (χ2n) is 6.57. The first kappa shape index (κ1) is 22.7. The Morgan fingerprint density at radius 3 is 2.55 bits per heavy atom. The van der Waals surface area contributed by atoms with Crippen LogP contribution in [-0.2, 0) is 14.8 Å². The largest absolute Gasteiger partial charge is 0.377 e. The van der Waals surface area contributed by atoms with Crippen molar-refractivity contribution < 1.29 is 22.0 Å². The number of primary sulfonamides is 1. The molecular weight excluding hydrogens is 452 g/mol. The zero-order valence-electron chi connectivity index (χ0n) is 15.9. The van der Waals surface area contributed by atoms with E-state index in [1.54, 1.807) is 24.3 Å². The maximum absolute atomic E-state index is 12.4. The molecule has 1 atom stereocenters. The fraction of sp³-hybridized carbons (Fsp3) is 0.158. The highest BCUT2D eigenvalue weighted by Crippen LogP contribution is 2.33. The van der Waals surface area contributed by atoms with Crippen molar-refractivity contribution >= 4 is 33.2 Å². The Kier molecular flexibility index (Phi) is 6.58. The SMILES string of the molecule is NC(=O)C(c1ccc(-n2cc(NCC(F)F)cn2)c(S(N)(=O)=O)c1)c1ccccc1Cl. The monoisotopic (exact) mass is 469 g/mol. The molecule has 31 heavy (non-hydrogen) atoms. The van der Waals surface area contributed by atoms with Crippen molar-refractivity contribution in [2.45, 2.75) is 17.2 Å². The average Bonchev–Trinajstić information content (AvgIpc) is 3.16. The van der Waals surface area contributed by atoms with Crippen LogP contribution >= 0.6 is 11.6 Å². The molecule has 0 aliphatic heterocycles. The first-order valence-electron chi connectivity index (χ1n) is 8.85. The molecule has 0 aliphatic carbocycles. The molecule has 1 aromatic heterocycles. The molecule has 1 unspecified atom stereocenters. The second kappa shape index (κ2) is 9.00. The summed E-state index contributed by atoms with van der Waals surface area (Å²) >= 11 is 6.20. The van der Waals surface area contributed by atoms with Gasteiger partial charge in [-0.25, -0.2) is 27.0 Å². The van der Waals surface area contributed by atoms with Gasteiger partial charge in [-0.05, 0) is 29.3 Å². The number of halogens is 3. The summed E-state index contributed by atoms with van der Waals surface area (Å²) in [5.41, 5.74) is 6.57. The zero-order chi connectivity index (χ0) is 22.8. The summed E-state index contributed by atoms with van der Waals surface area (Å²) in [5, 5.41) is 12.1. The summed E-state index contributed by atoms with van der Waals surface area (Å²) in [4.78, 5) is 11.9. The molecule has 3 aromatic rings. The van der Waals surface area contributed by atoms with Crippen molar-refractivity contribution in [2.75, 3.05) is 11.9 Å². The number of alkyl halides is 2. The molecule has 0 saturated carbocycles. The number of nitrogens with zero attached hydrogens (tertiary/aromatic N) is 2. The maximum Gasteiger partial charge on any atom is 0.255 e. The highest BCUT2D eigenvalue weighted by atomic mass is 35.5. The van der Waals surface area contributed by atoms with Crippen LogP contribution in [-0.4, -0.2) is 37.1 Å². The fourth-order valence-corrected chi connectivity index (χ4v) is 4.07. The van der Waals surface area contributed by atoms with Crippen LogP contribution in [0.3, 0.4) is 0 Å². The fourth-order valence-electron chi connectivity index (χ4n) is 3.07. The molecule has 0 radical (unpaired) electrons. The Bertz CT molecular complexity index is 1220. The molecule has 0 aliphatic rings. The number of carbonyl (C=O) groups excluding carboxylic acids is 1. The van der Waals surface area contributed by atoms with Gasteiger partial charge < -0.3 is 11.1 Å². The maximum atomic E-state index is 12.4. The Labute approximate surface area is 181 Å². The van der Waals surface area contributed by atoms with Crippen molar-refractivity contribution in [3.8, 4) is 5.69 Å². The molecule has 0 bridgehead atoms. The van der Waals surface area contributed by atoms with Crippen LogP contribution < -0.4 is 16.2 Å². The number of primary amides is 1. The molecule has 0 spiro atoms. The summed E-state index contributed by atoms with van der Waals surface area (Å²) in [6, 6.07) is 10.7. The first-order valence-corrected chi connectivity index (χ1v) is 10.8. The Morgan fingerprint density at radius 2 is 1.94 bits per heavy atom. The van der Waals surface area contributed by atoms with Gasteiger partial charge in [0.1, 0.15) is 4.90 Å². The average molecular weight is 470 g/mol. The van der Waals surface area contributed by atoms with Gasteiger partial charge in [0, 0.05) is 5.02 Å². The molecule has 164 valence electrons. The summed E-state index contributed by atoms with van der Waals surface area (Å²) in [7, 11) is -4.26.